The van der Waals surface area contributed by atoms with Crippen LogP contribution in [0.4, 0.5) is 28.9 Å². The highest BCUT2D eigenvalue weighted by atomic mass is 19.4. The number of aromatic nitrogens is 1. The minimum atomic E-state index is -4.50. The first kappa shape index (κ1) is 26.2. The number of benzene rings is 1. The quantitative estimate of drug-likeness (QED) is 0.313. The zero-order valence-electron chi connectivity index (χ0n) is 21.0. The number of alkyl halides is 3. The number of nitrogens with one attached hydrogen (secondary N) is 2. The molecule has 3 aliphatic carbocycles. The number of hydrogen-bond donors (Lipinski definition) is 3. The van der Waals surface area contributed by atoms with Crippen molar-refractivity contribution in [3.8, 4) is 0 Å². The zero-order valence-corrected chi connectivity index (χ0v) is 21.0. The maximum Gasteiger partial charge on any atom is 0.392 e. The van der Waals surface area contributed by atoms with Crippen LogP contribution in [-0.4, -0.2) is 23.6 Å². The minimum Gasteiger partial charge on any atom is -0.356 e. The van der Waals surface area contributed by atoms with E-state index < -0.39 is 35.3 Å². The molecule has 3 aliphatic rings. The first-order valence-electron chi connectivity index (χ1n) is 12.7. The molecule has 1 heterocycles. The molecule has 1 amide bonds. The van der Waals surface area contributed by atoms with E-state index in [4.69, 9.17) is 5.73 Å². The van der Waals surface area contributed by atoms with Crippen molar-refractivity contribution >= 4 is 17.3 Å². The van der Waals surface area contributed by atoms with Crippen LogP contribution in [0, 0.1) is 29.0 Å². The first-order valence-corrected chi connectivity index (χ1v) is 12.7. The molecular formula is C29H30F4N4O. The van der Waals surface area contributed by atoms with Gasteiger partial charge in [0.1, 0.15) is 5.82 Å². The lowest BCUT2D eigenvalue weighted by molar-refractivity contribution is -0.196. The van der Waals surface area contributed by atoms with Gasteiger partial charge in [0.15, 0.2) is 0 Å². The maximum absolute atomic E-state index is 14.2. The van der Waals surface area contributed by atoms with Crippen molar-refractivity contribution in [1.82, 2.24) is 4.98 Å². The summed E-state index contributed by atoms with van der Waals surface area (Å²) in [5, 5.41) is 6.01. The number of halogens is 4. The summed E-state index contributed by atoms with van der Waals surface area (Å²) in [5.41, 5.74) is 10.4. The molecule has 4 N–H and O–H groups in total. The zero-order chi connectivity index (χ0) is 27.1. The van der Waals surface area contributed by atoms with Gasteiger partial charge in [0.05, 0.1) is 23.7 Å². The van der Waals surface area contributed by atoms with Crippen LogP contribution in [-0.2, 0) is 4.79 Å². The average molecular weight is 527 g/mol. The highest BCUT2D eigenvalue weighted by molar-refractivity contribution is 5.93. The Morgan fingerprint density at radius 1 is 1.18 bits per heavy atom. The highest BCUT2D eigenvalue weighted by Crippen LogP contribution is 2.59. The van der Waals surface area contributed by atoms with Gasteiger partial charge in [-0.25, -0.2) is 4.39 Å². The van der Waals surface area contributed by atoms with Crippen molar-refractivity contribution in [2.45, 2.75) is 38.8 Å². The maximum atomic E-state index is 14.2. The summed E-state index contributed by atoms with van der Waals surface area (Å²) in [6, 6.07) is 9.28. The second kappa shape index (κ2) is 10.0. The number of fused-ring (bicyclic) bond motifs is 3. The van der Waals surface area contributed by atoms with E-state index in [1.165, 1.54) is 24.5 Å². The van der Waals surface area contributed by atoms with E-state index in [1.54, 1.807) is 30.3 Å². The van der Waals surface area contributed by atoms with E-state index in [9.17, 15) is 22.4 Å². The van der Waals surface area contributed by atoms with Crippen molar-refractivity contribution < 1.29 is 22.4 Å². The largest absolute Gasteiger partial charge is 0.392 e. The van der Waals surface area contributed by atoms with Crippen LogP contribution in [0.3, 0.4) is 0 Å². The Bertz CT molecular complexity index is 1300. The summed E-state index contributed by atoms with van der Waals surface area (Å²) in [4.78, 5) is 17.4. The third-order valence-electron chi connectivity index (χ3n) is 8.22. The number of hydrogen-bond acceptors (Lipinski definition) is 4. The van der Waals surface area contributed by atoms with Crippen molar-refractivity contribution in [2.24, 2.45) is 28.9 Å². The van der Waals surface area contributed by atoms with Crippen molar-refractivity contribution in [3.05, 3.63) is 89.2 Å². The molecular weight excluding hydrogens is 496 g/mol. The predicted molar refractivity (Wildman–Crippen MR) is 138 cm³/mol. The lowest BCUT2D eigenvalue weighted by Gasteiger charge is -2.51. The van der Waals surface area contributed by atoms with Crippen LogP contribution < -0.4 is 16.4 Å². The number of pyridine rings is 1. The molecule has 200 valence electrons. The van der Waals surface area contributed by atoms with Crippen molar-refractivity contribution in [3.63, 3.8) is 0 Å². The lowest BCUT2D eigenvalue weighted by Crippen LogP contribution is -2.49. The van der Waals surface area contributed by atoms with Gasteiger partial charge in [-0.1, -0.05) is 24.1 Å². The smallest absolute Gasteiger partial charge is 0.356 e. The van der Waals surface area contributed by atoms with Gasteiger partial charge >= 0.3 is 6.18 Å². The van der Waals surface area contributed by atoms with Gasteiger partial charge in [-0.3, -0.25) is 9.78 Å². The molecule has 1 saturated carbocycles. The van der Waals surface area contributed by atoms with Gasteiger partial charge in [-0.15, -0.1) is 0 Å². The van der Waals surface area contributed by atoms with Gasteiger partial charge in [0, 0.05) is 29.5 Å². The molecule has 2 aromatic rings. The molecule has 0 unspecified atom stereocenters. The van der Waals surface area contributed by atoms with E-state index in [0.717, 1.165) is 28.1 Å². The monoisotopic (exact) mass is 526 g/mol. The average Bonchev–Trinajstić information content (AvgIpc) is 2.89. The Labute approximate surface area is 218 Å². The molecule has 0 aliphatic heterocycles. The molecule has 38 heavy (non-hydrogen) atoms. The molecule has 9 heteroatoms. The Balaban J connectivity index is 1.47. The Morgan fingerprint density at radius 2 is 1.95 bits per heavy atom. The molecule has 0 bridgehead atoms. The topological polar surface area (TPSA) is 80.0 Å². The van der Waals surface area contributed by atoms with Crippen LogP contribution in [0.2, 0.25) is 0 Å². The first-order chi connectivity index (χ1) is 18.1. The molecule has 5 rings (SSSR count). The van der Waals surface area contributed by atoms with Crippen molar-refractivity contribution in [2.75, 3.05) is 17.2 Å². The van der Waals surface area contributed by atoms with Crippen molar-refractivity contribution in [1.29, 1.82) is 0 Å². The van der Waals surface area contributed by atoms with Crippen LogP contribution in [0.1, 0.15) is 32.6 Å². The fraction of sp³-hybridized carbons (Fsp3) is 0.379. The predicted octanol–water partition coefficient (Wildman–Crippen LogP) is 6.36. The molecule has 0 saturated heterocycles. The summed E-state index contributed by atoms with van der Waals surface area (Å²) in [6.07, 6.45) is 3.51. The summed E-state index contributed by atoms with van der Waals surface area (Å²) < 4.78 is 55.9. The van der Waals surface area contributed by atoms with Crippen LogP contribution in [0.5, 0.6) is 0 Å². The number of nitrogens with zero attached hydrogens (tertiary/aromatic N) is 1. The fourth-order valence-electron chi connectivity index (χ4n) is 6.37. The lowest BCUT2D eigenvalue weighted by atomic mass is 9.53. The third kappa shape index (κ3) is 4.87. The Kier molecular flexibility index (Phi) is 6.90. The number of rotatable bonds is 5. The molecule has 1 aromatic heterocycles. The molecule has 4 atom stereocenters. The summed E-state index contributed by atoms with van der Waals surface area (Å²) >= 11 is 0. The number of amides is 1. The van der Waals surface area contributed by atoms with Gasteiger partial charge in [-0.05, 0) is 79.6 Å². The van der Waals surface area contributed by atoms with E-state index in [2.05, 4.69) is 15.6 Å². The second-order valence-electron chi connectivity index (χ2n) is 10.5. The third-order valence-corrected chi connectivity index (χ3v) is 8.22. The normalized spacial score (nSPS) is 27.1. The molecule has 0 radical (unpaired) electrons. The number of nitrogens with two attached hydrogens (primary N) is 1. The van der Waals surface area contributed by atoms with Gasteiger partial charge < -0.3 is 16.4 Å². The number of carbonyl (C=O) groups excluding carboxylic acids is 1. The number of anilines is 2. The highest BCUT2D eigenvalue weighted by Gasteiger charge is 2.56. The summed E-state index contributed by atoms with van der Waals surface area (Å²) in [5.74, 6) is -4.50. The standard InChI is InChI=1S/C29H30F4N4O/c1-28-14-17(15-34)25(36-20-7-5-19(30)6-8-20)13-18(28)4-9-22-23(28)10-11-24(29(31,32)33)26(22)27(38)37-21-3-2-12-35-16-21/h2-3,5-8,10,12-13,16,22,24,26,36H,4,9,11,14-15,34H2,1H3,(H,37,38)/t22-,24+,26+,28-/m0/s1. The summed E-state index contributed by atoms with van der Waals surface area (Å²) in [6.45, 7) is 2.31. The summed E-state index contributed by atoms with van der Waals surface area (Å²) in [7, 11) is 0. The molecule has 0 spiro atoms. The Hall–Kier alpha value is -3.46. The van der Waals surface area contributed by atoms with E-state index in [-0.39, 0.29) is 18.8 Å². The molecule has 5 nitrogen and oxygen atoms in total. The fourth-order valence-corrected chi connectivity index (χ4v) is 6.37. The minimum absolute atomic E-state index is 0.244. The molecule has 1 aromatic carbocycles. The van der Waals surface area contributed by atoms with Gasteiger partial charge in [0.25, 0.3) is 0 Å². The van der Waals surface area contributed by atoms with E-state index in [1.807, 2.05) is 13.0 Å². The van der Waals surface area contributed by atoms with Gasteiger partial charge in [-0.2, -0.15) is 13.2 Å². The van der Waals surface area contributed by atoms with Gasteiger partial charge in [0.2, 0.25) is 5.91 Å². The van der Waals surface area contributed by atoms with E-state index >= 15 is 0 Å². The van der Waals surface area contributed by atoms with Crippen LogP contribution in [0.25, 0.3) is 0 Å². The number of allylic oxidation sites excluding steroid dienone is 4. The Morgan fingerprint density at radius 3 is 2.61 bits per heavy atom. The van der Waals surface area contributed by atoms with Crippen LogP contribution in [0.15, 0.2) is 83.4 Å². The SMILES string of the molecule is C[C@]12CC(CN)=C(Nc3ccc(F)cc3)C=C1CC[C@H]1C2=CC[C@@H](C(F)(F)F)[C@@H]1C(=O)Nc1cccnc1. The number of carbonyl (C=O) groups is 1. The van der Waals surface area contributed by atoms with Crippen LogP contribution >= 0.6 is 0 Å². The molecule has 1 fully saturated rings. The second-order valence-corrected chi connectivity index (χ2v) is 10.5. The van der Waals surface area contributed by atoms with E-state index in [0.29, 0.717) is 24.9 Å².